The van der Waals surface area contributed by atoms with E-state index in [0.29, 0.717) is 0 Å². The number of hydrogen-bond donors (Lipinski definition) is 1. The van der Waals surface area contributed by atoms with Gasteiger partial charge in [-0.2, -0.15) is 0 Å². The van der Waals surface area contributed by atoms with Crippen LogP contribution in [0.2, 0.25) is 0 Å². The van der Waals surface area contributed by atoms with Crippen LogP contribution in [0.5, 0.6) is 5.75 Å². The molecule has 0 aliphatic carbocycles. The summed E-state index contributed by atoms with van der Waals surface area (Å²) in [5.74, 6) is -3.80. The van der Waals surface area contributed by atoms with E-state index >= 15 is 0 Å². The number of imide groups is 1. The van der Waals surface area contributed by atoms with Crippen molar-refractivity contribution in [1.29, 1.82) is 0 Å². The number of ether oxygens (including phenoxy) is 1. The summed E-state index contributed by atoms with van der Waals surface area (Å²) >= 11 is 0. The number of carbonyl (C=O) groups excluding carboxylic acids is 4. The fourth-order valence-electron chi connectivity index (χ4n) is 2.51. The summed E-state index contributed by atoms with van der Waals surface area (Å²) in [6.45, 7) is -0.543. The van der Waals surface area contributed by atoms with E-state index in [-0.39, 0.29) is 76.0 Å². The van der Waals surface area contributed by atoms with Gasteiger partial charge in [0.2, 0.25) is 0 Å². The zero-order chi connectivity index (χ0) is 25.5. The molecule has 18 heteroatoms. The first-order valence-electron chi connectivity index (χ1n) is 9.29. The maximum absolute atomic E-state index is 11.9. The Labute approximate surface area is 228 Å². The first-order chi connectivity index (χ1) is 15.9. The molecule has 1 aromatic carbocycles. The molecular weight excluding hydrogens is 543 g/mol. The van der Waals surface area contributed by atoms with Gasteiger partial charge in [-0.15, -0.1) is 5.06 Å². The molecule has 186 valence electrons. The smallest absolute Gasteiger partial charge is 0.747 e. The van der Waals surface area contributed by atoms with Gasteiger partial charge in [0.25, 0.3) is 17.5 Å². The van der Waals surface area contributed by atoms with E-state index in [1.54, 1.807) is 0 Å². The van der Waals surface area contributed by atoms with E-state index in [1.807, 2.05) is 0 Å². The number of hydroxylamine groups is 2. The number of aliphatic hydroxyl groups is 1. The van der Waals surface area contributed by atoms with Gasteiger partial charge in [-0.3, -0.25) is 24.5 Å². The third-order valence-corrected chi connectivity index (χ3v) is 7.60. The average molecular weight is 561 g/mol. The van der Waals surface area contributed by atoms with Crippen molar-refractivity contribution in [2.24, 2.45) is 0 Å². The van der Waals surface area contributed by atoms with E-state index < -0.39 is 57.1 Å². The third kappa shape index (κ3) is 9.34. The third-order valence-electron chi connectivity index (χ3n) is 4.12. The summed E-state index contributed by atoms with van der Waals surface area (Å²) in [5.41, 5.74) is -0.309. The maximum atomic E-state index is 11.9. The first kappa shape index (κ1) is 31.3. The number of nitro benzene ring substituents is 1. The molecule has 1 atom stereocenters. The van der Waals surface area contributed by atoms with Crippen LogP contribution in [-0.4, -0.2) is 68.6 Å². The van der Waals surface area contributed by atoms with Crippen molar-refractivity contribution >= 4 is 61.1 Å². The van der Waals surface area contributed by atoms with E-state index in [4.69, 9.17) is 9.84 Å². The zero-order valence-corrected chi connectivity index (χ0v) is 22.6. The van der Waals surface area contributed by atoms with Crippen LogP contribution in [0.25, 0.3) is 0 Å². The quantitative estimate of drug-likeness (QED) is 0.0317. The second-order valence-electron chi connectivity index (χ2n) is 6.50. The predicted molar refractivity (Wildman–Crippen MR) is 115 cm³/mol. The Morgan fingerprint density at radius 1 is 1.17 bits per heavy atom. The van der Waals surface area contributed by atoms with E-state index in [9.17, 15) is 42.3 Å². The normalized spacial score (nSPS) is 15.5. The summed E-state index contributed by atoms with van der Waals surface area (Å²) in [5, 5.41) is 17.9. The van der Waals surface area contributed by atoms with Crippen LogP contribution >= 0.6 is 21.6 Å². The summed E-state index contributed by atoms with van der Waals surface area (Å²) in [4.78, 5) is 61.8. The second-order valence-corrected chi connectivity index (χ2v) is 10.8. The van der Waals surface area contributed by atoms with E-state index in [0.717, 1.165) is 16.9 Å². The van der Waals surface area contributed by atoms with Crippen molar-refractivity contribution < 1.29 is 81.3 Å². The molecule has 0 radical (unpaired) electrons. The van der Waals surface area contributed by atoms with Gasteiger partial charge in [0, 0.05) is 11.5 Å². The number of nitro groups is 1. The Hall–Kier alpha value is -1.73. The molecule has 2 amide bonds. The monoisotopic (exact) mass is 560 g/mol. The molecule has 1 aliphatic heterocycles. The van der Waals surface area contributed by atoms with Crippen molar-refractivity contribution in [3.05, 3.63) is 33.9 Å². The minimum absolute atomic E-state index is 0. The maximum Gasteiger partial charge on any atom is 1.00 e. The Balaban J connectivity index is 0.00000612. The van der Waals surface area contributed by atoms with Gasteiger partial charge in [0.05, 0.1) is 42.4 Å². The van der Waals surface area contributed by atoms with Gasteiger partial charge in [0.15, 0.2) is 0 Å². The van der Waals surface area contributed by atoms with Gasteiger partial charge in [-0.1, -0.05) is 21.6 Å². The van der Waals surface area contributed by atoms with Crippen LogP contribution in [-0.2, 0) is 40.7 Å². The van der Waals surface area contributed by atoms with Gasteiger partial charge < -0.3 is 19.2 Å². The molecule has 2 rings (SSSR count). The number of carbonyl (C=O) groups is 4. The van der Waals surface area contributed by atoms with Gasteiger partial charge in [-0.05, 0) is 12.1 Å². The number of rotatable bonds is 12. The van der Waals surface area contributed by atoms with Crippen molar-refractivity contribution in [2.75, 3.05) is 11.5 Å². The Morgan fingerprint density at radius 3 is 2.29 bits per heavy atom. The van der Waals surface area contributed by atoms with Gasteiger partial charge >= 0.3 is 41.5 Å². The fourth-order valence-corrected chi connectivity index (χ4v) is 5.14. The van der Waals surface area contributed by atoms with Crippen molar-refractivity contribution in [1.82, 2.24) is 5.06 Å². The molecule has 0 saturated carbocycles. The Morgan fingerprint density at radius 2 is 1.77 bits per heavy atom. The molecule has 1 fully saturated rings. The molecule has 1 unspecified atom stereocenters. The summed E-state index contributed by atoms with van der Waals surface area (Å²) < 4.78 is 37.8. The van der Waals surface area contributed by atoms with Crippen LogP contribution < -0.4 is 34.3 Å². The molecule has 0 bridgehead atoms. The Kier molecular flexibility index (Phi) is 12.6. The SMILES string of the molecule is O=C(CCSSCCC(=O)ON1C(=O)CC(S(=O)(=O)[O-])C1=O)Oc1ccc(CO)c([N+](=O)[O-])c1.[Na+]. The van der Waals surface area contributed by atoms with Crippen LogP contribution in [0.1, 0.15) is 24.8 Å². The second kappa shape index (κ2) is 14.1. The first-order valence-corrected chi connectivity index (χ1v) is 13.3. The molecule has 14 nitrogen and oxygen atoms in total. The van der Waals surface area contributed by atoms with Crippen LogP contribution in [0.15, 0.2) is 18.2 Å². The summed E-state index contributed by atoms with van der Waals surface area (Å²) in [6.07, 6.45) is -1.20. The number of aliphatic hydroxyl groups excluding tert-OH is 1. The largest absolute Gasteiger partial charge is 1.00 e. The fraction of sp³-hybridized carbons (Fsp3) is 0.412. The molecule has 1 aliphatic rings. The topological polar surface area (TPSA) is 211 Å². The average Bonchev–Trinajstić information content (AvgIpc) is 3.04. The van der Waals surface area contributed by atoms with Crippen LogP contribution in [0.4, 0.5) is 5.69 Å². The number of esters is 1. The molecular formula is C17H17N2NaO12S3. The number of hydrogen-bond acceptors (Lipinski definition) is 14. The van der Waals surface area contributed by atoms with Crippen LogP contribution in [0, 0.1) is 10.1 Å². The van der Waals surface area contributed by atoms with Crippen LogP contribution in [0.3, 0.4) is 0 Å². The molecule has 1 saturated heterocycles. The molecule has 0 spiro atoms. The number of benzene rings is 1. The number of amides is 2. The molecule has 1 heterocycles. The van der Waals surface area contributed by atoms with Gasteiger partial charge in [-0.25, -0.2) is 13.2 Å². The van der Waals surface area contributed by atoms with E-state index in [1.165, 1.54) is 22.9 Å². The molecule has 1 N–H and O–H groups in total. The van der Waals surface area contributed by atoms with Gasteiger partial charge in [0.1, 0.15) is 21.1 Å². The summed E-state index contributed by atoms with van der Waals surface area (Å²) in [6, 6.07) is 3.61. The minimum atomic E-state index is -5.06. The molecule has 0 aromatic heterocycles. The minimum Gasteiger partial charge on any atom is -0.747 e. The molecule has 35 heavy (non-hydrogen) atoms. The predicted octanol–water partition coefficient (Wildman–Crippen LogP) is -2.71. The number of nitrogens with zero attached hydrogens (tertiary/aromatic N) is 2. The standard InChI is InChI=1S/C17H18N2O12S3.Na/c20-9-10-1-2-11(7-12(10)19(25)26)30-15(22)3-5-32-33-6-4-16(23)31-18-14(21)8-13(17(18)24)34(27,28)29;/h1-2,7,13,20H,3-6,8-9H2,(H,27,28,29);/q;+1/p-1. The van der Waals surface area contributed by atoms with Crippen molar-refractivity contribution in [3.8, 4) is 5.75 Å². The summed E-state index contributed by atoms with van der Waals surface area (Å²) in [7, 11) is -2.70. The van der Waals surface area contributed by atoms with E-state index in [2.05, 4.69) is 4.84 Å². The van der Waals surface area contributed by atoms with Crippen molar-refractivity contribution in [2.45, 2.75) is 31.1 Å². The van der Waals surface area contributed by atoms with Crippen molar-refractivity contribution in [3.63, 3.8) is 0 Å². The zero-order valence-electron chi connectivity index (χ0n) is 18.1. The molecule has 1 aromatic rings. The Bertz CT molecular complexity index is 1100.